The Kier molecular flexibility index (Phi) is 2.49. The standard InChI is InChI=1S/C11H12O4/c1-7(12)8-5-9(13-2)11-10(6-8)14-3-4-15-11/h5-6H,3-4H2,1-2H3. The molecular weight excluding hydrogens is 196 g/mol. The fourth-order valence-corrected chi connectivity index (χ4v) is 1.48. The third kappa shape index (κ3) is 1.75. The quantitative estimate of drug-likeness (QED) is 0.693. The highest BCUT2D eigenvalue weighted by atomic mass is 16.6. The molecule has 80 valence electrons. The van der Waals surface area contributed by atoms with E-state index in [0.717, 1.165) is 0 Å². The van der Waals surface area contributed by atoms with E-state index in [2.05, 4.69) is 0 Å². The Morgan fingerprint density at radius 1 is 1.33 bits per heavy atom. The smallest absolute Gasteiger partial charge is 0.203 e. The monoisotopic (exact) mass is 208 g/mol. The SMILES string of the molecule is COc1cc(C(C)=O)cc2c1OCCO2. The summed E-state index contributed by atoms with van der Waals surface area (Å²) in [6, 6.07) is 3.34. The van der Waals surface area contributed by atoms with Crippen molar-refractivity contribution < 1.29 is 19.0 Å². The van der Waals surface area contributed by atoms with Gasteiger partial charge in [0.15, 0.2) is 17.3 Å². The molecule has 15 heavy (non-hydrogen) atoms. The van der Waals surface area contributed by atoms with Crippen molar-refractivity contribution >= 4 is 5.78 Å². The zero-order chi connectivity index (χ0) is 10.8. The number of ketones is 1. The average Bonchev–Trinajstić information content (AvgIpc) is 2.27. The maximum Gasteiger partial charge on any atom is 0.203 e. The van der Waals surface area contributed by atoms with Crippen LogP contribution in [-0.4, -0.2) is 26.1 Å². The maximum atomic E-state index is 11.2. The topological polar surface area (TPSA) is 44.8 Å². The molecule has 2 rings (SSSR count). The van der Waals surface area contributed by atoms with Crippen LogP contribution >= 0.6 is 0 Å². The summed E-state index contributed by atoms with van der Waals surface area (Å²) in [5.41, 5.74) is 0.566. The fourth-order valence-electron chi connectivity index (χ4n) is 1.48. The van der Waals surface area contributed by atoms with Crippen molar-refractivity contribution in [1.29, 1.82) is 0 Å². The summed E-state index contributed by atoms with van der Waals surface area (Å²) >= 11 is 0. The number of hydrogen-bond acceptors (Lipinski definition) is 4. The van der Waals surface area contributed by atoms with E-state index in [4.69, 9.17) is 14.2 Å². The Morgan fingerprint density at radius 3 is 2.73 bits per heavy atom. The number of rotatable bonds is 2. The first kappa shape index (κ1) is 9.83. The first-order valence-electron chi connectivity index (χ1n) is 4.71. The van der Waals surface area contributed by atoms with Crippen LogP contribution in [0.3, 0.4) is 0 Å². The zero-order valence-corrected chi connectivity index (χ0v) is 8.70. The molecule has 1 aliphatic heterocycles. The number of hydrogen-bond donors (Lipinski definition) is 0. The molecule has 0 amide bonds. The third-order valence-corrected chi connectivity index (χ3v) is 2.23. The van der Waals surface area contributed by atoms with Crippen molar-refractivity contribution in [2.75, 3.05) is 20.3 Å². The van der Waals surface area contributed by atoms with E-state index in [1.165, 1.54) is 14.0 Å². The van der Waals surface area contributed by atoms with Gasteiger partial charge in [-0.05, 0) is 19.1 Å². The Hall–Kier alpha value is -1.71. The summed E-state index contributed by atoms with van der Waals surface area (Å²) in [7, 11) is 1.54. The van der Waals surface area contributed by atoms with Crippen molar-refractivity contribution in [3.63, 3.8) is 0 Å². The number of methoxy groups -OCH3 is 1. The van der Waals surface area contributed by atoms with Gasteiger partial charge in [0.05, 0.1) is 7.11 Å². The summed E-state index contributed by atoms with van der Waals surface area (Å²) in [5, 5.41) is 0. The molecule has 0 bridgehead atoms. The normalized spacial score (nSPS) is 13.5. The average molecular weight is 208 g/mol. The second-order valence-corrected chi connectivity index (χ2v) is 3.26. The van der Waals surface area contributed by atoms with Gasteiger partial charge in [-0.1, -0.05) is 0 Å². The second-order valence-electron chi connectivity index (χ2n) is 3.26. The Bertz CT molecular complexity index is 381. The van der Waals surface area contributed by atoms with Gasteiger partial charge in [-0.25, -0.2) is 0 Å². The first-order valence-corrected chi connectivity index (χ1v) is 4.71. The molecule has 0 saturated carbocycles. The van der Waals surface area contributed by atoms with Gasteiger partial charge in [0.2, 0.25) is 5.75 Å². The number of carbonyl (C=O) groups excluding carboxylic acids is 1. The molecular formula is C11H12O4. The minimum Gasteiger partial charge on any atom is -0.493 e. The van der Waals surface area contributed by atoms with Crippen molar-refractivity contribution in [1.82, 2.24) is 0 Å². The van der Waals surface area contributed by atoms with Crippen LogP contribution in [0.15, 0.2) is 12.1 Å². The van der Waals surface area contributed by atoms with E-state index in [-0.39, 0.29) is 5.78 Å². The number of benzene rings is 1. The van der Waals surface area contributed by atoms with Crippen LogP contribution in [0.2, 0.25) is 0 Å². The van der Waals surface area contributed by atoms with Crippen LogP contribution in [-0.2, 0) is 0 Å². The second kappa shape index (κ2) is 3.81. The molecule has 0 aliphatic carbocycles. The van der Waals surface area contributed by atoms with Crippen molar-refractivity contribution in [3.05, 3.63) is 17.7 Å². The third-order valence-electron chi connectivity index (χ3n) is 2.23. The van der Waals surface area contributed by atoms with Gasteiger partial charge in [0, 0.05) is 5.56 Å². The van der Waals surface area contributed by atoms with Gasteiger partial charge < -0.3 is 14.2 Å². The Morgan fingerprint density at radius 2 is 2.07 bits per heavy atom. The molecule has 0 radical (unpaired) electrons. The zero-order valence-electron chi connectivity index (χ0n) is 8.70. The van der Waals surface area contributed by atoms with Crippen molar-refractivity contribution in [2.24, 2.45) is 0 Å². The number of fused-ring (bicyclic) bond motifs is 1. The van der Waals surface area contributed by atoms with Crippen LogP contribution in [0, 0.1) is 0 Å². The molecule has 4 heteroatoms. The minimum absolute atomic E-state index is 0.0229. The van der Waals surface area contributed by atoms with Gasteiger partial charge in [0.1, 0.15) is 13.2 Å². The molecule has 1 aromatic rings. The predicted molar refractivity (Wildman–Crippen MR) is 54.0 cm³/mol. The van der Waals surface area contributed by atoms with Gasteiger partial charge in [-0.15, -0.1) is 0 Å². The minimum atomic E-state index is -0.0229. The molecule has 0 spiro atoms. The highest BCUT2D eigenvalue weighted by Crippen LogP contribution is 2.40. The van der Waals surface area contributed by atoms with Crippen LogP contribution in [0.5, 0.6) is 17.2 Å². The van der Waals surface area contributed by atoms with E-state index >= 15 is 0 Å². The summed E-state index contributed by atoms with van der Waals surface area (Å²) in [6.45, 7) is 2.51. The summed E-state index contributed by atoms with van der Waals surface area (Å²) < 4.78 is 16.0. The lowest BCUT2D eigenvalue weighted by Gasteiger charge is -2.20. The highest BCUT2D eigenvalue weighted by Gasteiger charge is 2.19. The Labute approximate surface area is 87.8 Å². The Balaban J connectivity index is 2.52. The molecule has 0 aromatic heterocycles. The van der Waals surface area contributed by atoms with Gasteiger partial charge in [-0.2, -0.15) is 0 Å². The largest absolute Gasteiger partial charge is 0.493 e. The molecule has 0 fully saturated rings. The van der Waals surface area contributed by atoms with E-state index in [0.29, 0.717) is 36.0 Å². The van der Waals surface area contributed by atoms with Crippen LogP contribution in [0.1, 0.15) is 17.3 Å². The predicted octanol–water partition coefficient (Wildman–Crippen LogP) is 1.67. The summed E-state index contributed by atoms with van der Waals surface area (Å²) in [6.07, 6.45) is 0. The lowest BCUT2D eigenvalue weighted by molar-refractivity contribution is 0.101. The van der Waals surface area contributed by atoms with Crippen LogP contribution < -0.4 is 14.2 Å². The lowest BCUT2D eigenvalue weighted by atomic mass is 10.1. The van der Waals surface area contributed by atoms with Crippen LogP contribution in [0.25, 0.3) is 0 Å². The summed E-state index contributed by atoms with van der Waals surface area (Å²) in [5.74, 6) is 1.67. The molecule has 0 saturated heterocycles. The van der Waals surface area contributed by atoms with E-state index in [1.54, 1.807) is 12.1 Å². The van der Waals surface area contributed by atoms with Crippen molar-refractivity contribution in [2.45, 2.75) is 6.92 Å². The molecule has 0 atom stereocenters. The van der Waals surface area contributed by atoms with Gasteiger partial charge >= 0.3 is 0 Å². The molecule has 0 unspecified atom stereocenters. The number of carbonyl (C=O) groups is 1. The van der Waals surface area contributed by atoms with Gasteiger partial charge in [-0.3, -0.25) is 4.79 Å². The lowest BCUT2D eigenvalue weighted by Crippen LogP contribution is -2.16. The molecule has 1 heterocycles. The molecule has 1 aliphatic rings. The van der Waals surface area contributed by atoms with E-state index in [1.807, 2.05) is 0 Å². The highest BCUT2D eigenvalue weighted by molar-refractivity contribution is 5.95. The molecule has 4 nitrogen and oxygen atoms in total. The first-order chi connectivity index (χ1) is 7.22. The fraction of sp³-hybridized carbons (Fsp3) is 0.364. The number of Topliss-reactive ketones (excluding diaryl/α,β-unsaturated/α-hetero) is 1. The molecule has 1 aromatic carbocycles. The van der Waals surface area contributed by atoms with Crippen LogP contribution in [0.4, 0.5) is 0 Å². The molecule has 0 N–H and O–H groups in total. The number of ether oxygens (including phenoxy) is 3. The summed E-state index contributed by atoms with van der Waals surface area (Å²) in [4.78, 5) is 11.2. The van der Waals surface area contributed by atoms with E-state index in [9.17, 15) is 4.79 Å². The van der Waals surface area contributed by atoms with Crippen molar-refractivity contribution in [3.8, 4) is 17.2 Å². The van der Waals surface area contributed by atoms with Gasteiger partial charge in [0.25, 0.3) is 0 Å². The maximum absolute atomic E-state index is 11.2. The van der Waals surface area contributed by atoms with E-state index < -0.39 is 0 Å².